The summed E-state index contributed by atoms with van der Waals surface area (Å²) in [7, 11) is 0. The zero-order valence-corrected chi connectivity index (χ0v) is 7.75. The number of hydrogen-bond donors (Lipinski definition) is 1. The lowest BCUT2D eigenvalue weighted by molar-refractivity contribution is -0.112. The standard InChI is InChI=1S/C11H7FN2O/c12-10-3-1-8(5-6-13)7-9(10)2-4-11(14)15/h1,3,7H,5H2,(H2,14,15). The molecule has 0 aromatic heterocycles. The Balaban J connectivity index is 3.08. The van der Waals surface area contributed by atoms with E-state index in [0.29, 0.717) is 5.56 Å². The fraction of sp³-hybridized carbons (Fsp3) is 0.0909. The average Bonchev–Trinajstić information content (AvgIpc) is 2.19. The van der Waals surface area contributed by atoms with E-state index in [0.717, 1.165) is 0 Å². The van der Waals surface area contributed by atoms with E-state index in [9.17, 15) is 9.18 Å². The van der Waals surface area contributed by atoms with Crippen LogP contribution in [-0.4, -0.2) is 5.91 Å². The zero-order valence-electron chi connectivity index (χ0n) is 7.75. The first-order valence-corrected chi connectivity index (χ1v) is 4.10. The van der Waals surface area contributed by atoms with Gasteiger partial charge in [-0.3, -0.25) is 4.79 Å². The molecule has 1 aromatic rings. The van der Waals surface area contributed by atoms with Crippen LogP contribution in [0.4, 0.5) is 4.39 Å². The zero-order chi connectivity index (χ0) is 11.3. The van der Waals surface area contributed by atoms with Gasteiger partial charge in [-0.25, -0.2) is 4.39 Å². The van der Waals surface area contributed by atoms with Gasteiger partial charge < -0.3 is 5.73 Å². The highest BCUT2D eigenvalue weighted by Gasteiger charge is 2.00. The van der Waals surface area contributed by atoms with Crippen LogP contribution in [0.2, 0.25) is 0 Å². The monoisotopic (exact) mass is 202 g/mol. The first-order chi connectivity index (χ1) is 7.13. The maximum absolute atomic E-state index is 13.1. The Kier molecular flexibility index (Phi) is 3.43. The van der Waals surface area contributed by atoms with Gasteiger partial charge in [-0.05, 0) is 17.7 Å². The third kappa shape index (κ3) is 3.13. The molecule has 0 radical (unpaired) electrons. The number of benzene rings is 1. The van der Waals surface area contributed by atoms with Crippen LogP contribution < -0.4 is 5.73 Å². The van der Waals surface area contributed by atoms with Crippen LogP contribution in [-0.2, 0) is 11.2 Å². The molecule has 0 aliphatic carbocycles. The molecule has 0 bridgehead atoms. The Hall–Kier alpha value is -2.33. The van der Waals surface area contributed by atoms with Crippen molar-refractivity contribution >= 4 is 5.91 Å². The van der Waals surface area contributed by atoms with Crippen LogP contribution in [0.3, 0.4) is 0 Å². The first kappa shape index (κ1) is 10.7. The van der Waals surface area contributed by atoms with Gasteiger partial charge in [0.1, 0.15) is 5.82 Å². The normalized spacial score (nSPS) is 8.53. The topological polar surface area (TPSA) is 66.9 Å². The molecule has 74 valence electrons. The van der Waals surface area contributed by atoms with Gasteiger partial charge in [0.05, 0.1) is 18.1 Å². The number of carbonyl (C=O) groups is 1. The first-order valence-electron chi connectivity index (χ1n) is 4.10. The lowest BCUT2D eigenvalue weighted by atomic mass is 10.1. The minimum absolute atomic E-state index is 0.0709. The highest BCUT2D eigenvalue weighted by atomic mass is 19.1. The minimum atomic E-state index is -0.819. The fourth-order valence-electron chi connectivity index (χ4n) is 0.998. The second-order valence-electron chi connectivity index (χ2n) is 2.76. The summed E-state index contributed by atoms with van der Waals surface area (Å²) in [6, 6.07) is 6.06. The summed E-state index contributed by atoms with van der Waals surface area (Å²) in [6.07, 6.45) is 0.172. The largest absolute Gasteiger partial charge is 0.359 e. The molecule has 0 atom stereocenters. The number of nitrogens with two attached hydrogens (primary N) is 1. The van der Waals surface area contributed by atoms with E-state index in [2.05, 4.69) is 5.92 Å². The van der Waals surface area contributed by atoms with E-state index >= 15 is 0 Å². The van der Waals surface area contributed by atoms with Crippen LogP contribution in [0.25, 0.3) is 0 Å². The molecule has 0 saturated heterocycles. The summed E-state index contributed by atoms with van der Waals surface area (Å²) in [5, 5.41) is 8.44. The van der Waals surface area contributed by atoms with E-state index in [-0.39, 0.29) is 12.0 Å². The van der Waals surface area contributed by atoms with Crippen molar-refractivity contribution in [3.8, 4) is 17.9 Å². The van der Waals surface area contributed by atoms with Crippen LogP contribution in [0.1, 0.15) is 11.1 Å². The molecule has 0 heterocycles. The summed E-state index contributed by atoms with van der Waals surface area (Å²) < 4.78 is 13.1. The van der Waals surface area contributed by atoms with Crippen molar-refractivity contribution in [3.05, 3.63) is 35.1 Å². The highest BCUT2D eigenvalue weighted by Crippen LogP contribution is 2.09. The van der Waals surface area contributed by atoms with Crippen molar-refractivity contribution in [2.45, 2.75) is 6.42 Å². The van der Waals surface area contributed by atoms with Crippen LogP contribution in [0, 0.1) is 29.0 Å². The molecular formula is C11H7FN2O. The van der Waals surface area contributed by atoms with Gasteiger partial charge in [-0.2, -0.15) is 5.26 Å². The molecule has 1 amide bonds. The SMILES string of the molecule is N#CCc1ccc(F)c(C#CC(N)=O)c1. The molecule has 1 rings (SSSR count). The van der Waals surface area contributed by atoms with Crippen molar-refractivity contribution in [3.63, 3.8) is 0 Å². The molecule has 0 unspecified atom stereocenters. The van der Waals surface area contributed by atoms with Gasteiger partial charge in [-0.1, -0.05) is 12.0 Å². The van der Waals surface area contributed by atoms with Gasteiger partial charge >= 0.3 is 0 Å². The van der Waals surface area contributed by atoms with Gasteiger partial charge in [0.2, 0.25) is 0 Å². The van der Waals surface area contributed by atoms with E-state index in [1.54, 1.807) is 0 Å². The lowest BCUT2D eigenvalue weighted by Crippen LogP contribution is -2.06. The number of rotatable bonds is 1. The van der Waals surface area contributed by atoms with E-state index in [4.69, 9.17) is 11.0 Å². The maximum atomic E-state index is 13.1. The van der Waals surface area contributed by atoms with Gasteiger partial charge in [-0.15, -0.1) is 0 Å². The Labute approximate surface area is 86.3 Å². The summed E-state index contributed by atoms with van der Waals surface area (Å²) in [5.74, 6) is 2.98. The second kappa shape index (κ2) is 4.78. The van der Waals surface area contributed by atoms with Crippen molar-refractivity contribution in [1.29, 1.82) is 5.26 Å². The Morgan fingerprint density at radius 3 is 2.87 bits per heavy atom. The van der Waals surface area contributed by atoms with Crippen molar-refractivity contribution in [2.75, 3.05) is 0 Å². The number of nitriles is 1. The minimum Gasteiger partial charge on any atom is -0.359 e. The van der Waals surface area contributed by atoms with Crippen LogP contribution in [0.15, 0.2) is 18.2 Å². The second-order valence-corrected chi connectivity index (χ2v) is 2.76. The van der Waals surface area contributed by atoms with Crippen molar-refractivity contribution < 1.29 is 9.18 Å². The summed E-state index contributed by atoms with van der Waals surface area (Å²) in [5.41, 5.74) is 5.52. The predicted molar refractivity (Wildman–Crippen MR) is 51.8 cm³/mol. The van der Waals surface area contributed by atoms with Crippen LogP contribution >= 0.6 is 0 Å². The molecule has 1 aromatic carbocycles. The maximum Gasteiger partial charge on any atom is 0.293 e. The average molecular weight is 202 g/mol. The third-order valence-corrected chi connectivity index (χ3v) is 1.63. The molecule has 0 saturated carbocycles. The van der Waals surface area contributed by atoms with E-state index in [1.165, 1.54) is 18.2 Å². The molecule has 2 N–H and O–H groups in total. The fourth-order valence-corrected chi connectivity index (χ4v) is 0.998. The molecule has 4 heteroatoms. The molecule has 0 aliphatic heterocycles. The summed E-state index contributed by atoms with van der Waals surface area (Å²) in [4.78, 5) is 10.4. The third-order valence-electron chi connectivity index (χ3n) is 1.63. The van der Waals surface area contributed by atoms with Gasteiger partial charge in [0, 0.05) is 5.92 Å². The molecule has 0 spiro atoms. The smallest absolute Gasteiger partial charge is 0.293 e. The van der Waals surface area contributed by atoms with Crippen LogP contribution in [0.5, 0.6) is 0 Å². The summed E-state index contributed by atoms with van der Waals surface area (Å²) in [6.45, 7) is 0. The Morgan fingerprint density at radius 2 is 2.27 bits per heavy atom. The molecule has 0 fully saturated rings. The Bertz CT molecular complexity index is 492. The van der Waals surface area contributed by atoms with Gasteiger partial charge in [0.25, 0.3) is 5.91 Å². The van der Waals surface area contributed by atoms with E-state index in [1.807, 2.05) is 12.0 Å². The van der Waals surface area contributed by atoms with Crippen molar-refractivity contribution in [1.82, 2.24) is 0 Å². The molecule has 15 heavy (non-hydrogen) atoms. The number of hydrogen-bond acceptors (Lipinski definition) is 2. The lowest BCUT2D eigenvalue weighted by Gasteiger charge is -1.97. The molecule has 0 aliphatic rings. The number of nitrogens with zero attached hydrogens (tertiary/aromatic N) is 1. The number of amides is 1. The molecular weight excluding hydrogens is 195 g/mol. The number of carbonyl (C=O) groups excluding carboxylic acids is 1. The molecule has 3 nitrogen and oxygen atoms in total. The van der Waals surface area contributed by atoms with Crippen molar-refractivity contribution in [2.24, 2.45) is 5.73 Å². The Morgan fingerprint density at radius 1 is 1.53 bits per heavy atom. The van der Waals surface area contributed by atoms with E-state index < -0.39 is 11.7 Å². The predicted octanol–water partition coefficient (Wildman–Crippen LogP) is 0.729. The number of primary amides is 1. The van der Waals surface area contributed by atoms with Gasteiger partial charge in [0.15, 0.2) is 0 Å². The summed E-state index contributed by atoms with van der Waals surface area (Å²) >= 11 is 0. The highest BCUT2D eigenvalue weighted by molar-refractivity contribution is 5.92. The quantitative estimate of drug-likeness (QED) is 0.682. The number of halogens is 1.